The minimum absolute atomic E-state index is 0.132. The molecule has 1 heterocycles. The van der Waals surface area contributed by atoms with Gasteiger partial charge in [-0.05, 0) is 38.6 Å². The molecule has 0 amide bonds. The summed E-state index contributed by atoms with van der Waals surface area (Å²) < 4.78 is 5.93. The summed E-state index contributed by atoms with van der Waals surface area (Å²) >= 11 is 0. The predicted molar refractivity (Wildman–Crippen MR) is 73.6 cm³/mol. The molecule has 1 aliphatic rings. The van der Waals surface area contributed by atoms with Crippen LogP contribution in [0, 0.1) is 5.92 Å². The summed E-state index contributed by atoms with van der Waals surface area (Å²) in [5, 5.41) is 3.44. The number of nitrogens with two attached hydrogens (primary N) is 1. The molecule has 4 nitrogen and oxygen atoms in total. The molecule has 1 aromatic rings. The fourth-order valence-corrected chi connectivity index (χ4v) is 2.24. The average molecular weight is 251 g/mol. The van der Waals surface area contributed by atoms with E-state index in [1.807, 2.05) is 0 Å². The standard InChI is InChI=1S/C14H25N3O/c1-10-8-11(10)13-4-5-14(18-13)12(9-15)16-6-7-17(2)3/h4-5,10-12,16H,6-9,15H2,1-3H3. The van der Waals surface area contributed by atoms with Crippen LogP contribution >= 0.6 is 0 Å². The van der Waals surface area contributed by atoms with Gasteiger partial charge in [-0.3, -0.25) is 0 Å². The number of likely N-dealkylation sites (N-methyl/N-ethyl adjacent to an activating group) is 1. The van der Waals surface area contributed by atoms with Crippen molar-refractivity contribution in [1.82, 2.24) is 10.2 Å². The van der Waals surface area contributed by atoms with Gasteiger partial charge in [0.05, 0.1) is 6.04 Å². The van der Waals surface area contributed by atoms with E-state index in [2.05, 4.69) is 43.4 Å². The van der Waals surface area contributed by atoms with Crippen molar-refractivity contribution in [1.29, 1.82) is 0 Å². The minimum Gasteiger partial charge on any atom is -0.464 e. The third kappa shape index (κ3) is 3.34. The molecule has 3 atom stereocenters. The van der Waals surface area contributed by atoms with E-state index >= 15 is 0 Å². The van der Waals surface area contributed by atoms with E-state index in [9.17, 15) is 0 Å². The van der Waals surface area contributed by atoms with Crippen molar-refractivity contribution in [2.24, 2.45) is 11.7 Å². The first-order valence-electron chi connectivity index (χ1n) is 6.79. The second-order valence-electron chi connectivity index (χ2n) is 5.61. The van der Waals surface area contributed by atoms with Gasteiger partial charge in [0.15, 0.2) is 0 Å². The summed E-state index contributed by atoms with van der Waals surface area (Å²) in [5.74, 6) is 3.52. The largest absolute Gasteiger partial charge is 0.464 e. The summed E-state index contributed by atoms with van der Waals surface area (Å²) in [6, 6.07) is 4.31. The van der Waals surface area contributed by atoms with E-state index in [0.717, 1.165) is 30.5 Å². The Labute approximate surface area is 110 Å². The predicted octanol–water partition coefficient (Wildman–Crippen LogP) is 1.55. The Morgan fingerprint density at radius 3 is 2.78 bits per heavy atom. The lowest BCUT2D eigenvalue weighted by Gasteiger charge is -2.16. The lowest BCUT2D eigenvalue weighted by molar-refractivity contribution is 0.357. The Kier molecular flexibility index (Phi) is 4.43. The third-order valence-corrected chi connectivity index (χ3v) is 3.65. The number of nitrogens with one attached hydrogen (secondary N) is 1. The molecule has 18 heavy (non-hydrogen) atoms. The van der Waals surface area contributed by atoms with E-state index in [0.29, 0.717) is 12.5 Å². The first-order chi connectivity index (χ1) is 8.61. The van der Waals surface area contributed by atoms with Crippen LogP contribution in [-0.4, -0.2) is 38.6 Å². The highest BCUT2D eigenvalue weighted by Crippen LogP contribution is 2.47. The number of hydrogen-bond donors (Lipinski definition) is 2. The van der Waals surface area contributed by atoms with Crippen molar-refractivity contribution in [3.63, 3.8) is 0 Å². The normalized spacial score (nSPS) is 24.5. The van der Waals surface area contributed by atoms with Crippen molar-refractivity contribution >= 4 is 0 Å². The van der Waals surface area contributed by atoms with E-state index in [4.69, 9.17) is 10.2 Å². The topological polar surface area (TPSA) is 54.4 Å². The first-order valence-corrected chi connectivity index (χ1v) is 6.79. The lowest BCUT2D eigenvalue weighted by Crippen LogP contribution is -2.33. The quantitative estimate of drug-likeness (QED) is 0.772. The van der Waals surface area contributed by atoms with Crippen molar-refractivity contribution in [3.8, 4) is 0 Å². The van der Waals surface area contributed by atoms with Crippen LogP contribution in [0.1, 0.15) is 36.8 Å². The maximum atomic E-state index is 5.93. The van der Waals surface area contributed by atoms with E-state index in [1.54, 1.807) is 0 Å². The molecule has 0 bridgehead atoms. The van der Waals surface area contributed by atoms with Gasteiger partial charge in [0, 0.05) is 25.6 Å². The highest BCUT2D eigenvalue weighted by molar-refractivity contribution is 5.19. The zero-order valence-corrected chi connectivity index (χ0v) is 11.6. The number of rotatable bonds is 7. The molecular weight excluding hydrogens is 226 g/mol. The van der Waals surface area contributed by atoms with Gasteiger partial charge < -0.3 is 20.4 Å². The zero-order valence-electron chi connectivity index (χ0n) is 11.6. The molecule has 1 fully saturated rings. The Morgan fingerprint density at radius 2 is 2.22 bits per heavy atom. The molecule has 3 N–H and O–H groups in total. The molecule has 4 heteroatoms. The van der Waals surface area contributed by atoms with Crippen molar-refractivity contribution in [2.45, 2.75) is 25.3 Å². The van der Waals surface area contributed by atoms with Gasteiger partial charge in [-0.1, -0.05) is 6.92 Å². The van der Waals surface area contributed by atoms with Gasteiger partial charge in [0.2, 0.25) is 0 Å². The van der Waals surface area contributed by atoms with Gasteiger partial charge in [-0.2, -0.15) is 0 Å². The second kappa shape index (κ2) is 5.87. The summed E-state index contributed by atoms with van der Waals surface area (Å²) in [7, 11) is 4.14. The molecule has 0 aromatic carbocycles. The SMILES string of the molecule is CC1CC1c1ccc(C(CN)NCCN(C)C)o1. The second-order valence-corrected chi connectivity index (χ2v) is 5.61. The molecule has 0 saturated heterocycles. The van der Waals surface area contributed by atoms with Crippen LogP contribution in [0.4, 0.5) is 0 Å². The smallest absolute Gasteiger partial charge is 0.122 e. The summed E-state index contributed by atoms with van der Waals surface area (Å²) in [6.07, 6.45) is 1.26. The molecular formula is C14H25N3O. The van der Waals surface area contributed by atoms with Crippen molar-refractivity contribution in [3.05, 3.63) is 23.7 Å². The molecule has 1 aliphatic carbocycles. The zero-order chi connectivity index (χ0) is 13.1. The van der Waals surface area contributed by atoms with Gasteiger partial charge in [-0.15, -0.1) is 0 Å². The number of hydrogen-bond acceptors (Lipinski definition) is 4. The average Bonchev–Trinajstić information content (AvgIpc) is 2.88. The van der Waals surface area contributed by atoms with Crippen molar-refractivity contribution in [2.75, 3.05) is 33.7 Å². The third-order valence-electron chi connectivity index (χ3n) is 3.65. The van der Waals surface area contributed by atoms with Crippen molar-refractivity contribution < 1.29 is 4.42 Å². The summed E-state index contributed by atoms with van der Waals surface area (Å²) in [5.41, 5.74) is 5.81. The highest BCUT2D eigenvalue weighted by Gasteiger charge is 2.36. The first kappa shape index (κ1) is 13.6. The Morgan fingerprint density at radius 1 is 1.50 bits per heavy atom. The Bertz CT molecular complexity index is 375. The van der Waals surface area contributed by atoms with E-state index < -0.39 is 0 Å². The van der Waals surface area contributed by atoms with Crippen LogP contribution in [0.5, 0.6) is 0 Å². The molecule has 0 aliphatic heterocycles. The van der Waals surface area contributed by atoms with Gasteiger partial charge in [0.1, 0.15) is 11.5 Å². The molecule has 2 rings (SSSR count). The summed E-state index contributed by atoms with van der Waals surface area (Å²) in [4.78, 5) is 2.15. The van der Waals surface area contributed by atoms with Gasteiger partial charge in [0.25, 0.3) is 0 Å². The summed E-state index contributed by atoms with van der Waals surface area (Å²) in [6.45, 7) is 4.76. The van der Waals surface area contributed by atoms with Gasteiger partial charge >= 0.3 is 0 Å². The van der Waals surface area contributed by atoms with E-state index in [-0.39, 0.29) is 6.04 Å². The maximum Gasteiger partial charge on any atom is 0.122 e. The van der Waals surface area contributed by atoms with E-state index in [1.165, 1.54) is 6.42 Å². The molecule has 3 unspecified atom stereocenters. The van der Waals surface area contributed by atoms with Crippen LogP contribution in [0.3, 0.4) is 0 Å². The van der Waals surface area contributed by atoms with Crippen LogP contribution in [0.25, 0.3) is 0 Å². The Hall–Kier alpha value is -0.840. The fourth-order valence-electron chi connectivity index (χ4n) is 2.24. The van der Waals surface area contributed by atoms with Crippen LogP contribution < -0.4 is 11.1 Å². The molecule has 1 saturated carbocycles. The van der Waals surface area contributed by atoms with Crippen LogP contribution in [0.15, 0.2) is 16.5 Å². The lowest BCUT2D eigenvalue weighted by atomic mass is 10.2. The number of furan rings is 1. The molecule has 0 spiro atoms. The van der Waals surface area contributed by atoms with Crippen LogP contribution in [-0.2, 0) is 0 Å². The fraction of sp³-hybridized carbons (Fsp3) is 0.714. The highest BCUT2D eigenvalue weighted by atomic mass is 16.3. The molecule has 1 aromatic heterocycles. The number of nitrogens with zero attached hydrogens (tertiary/aromatic N) is 1. The maximum absolute atomic E-state index is 5.93. The minimum atomic E-state index is 0.132. The Balaban J connectivity index is 1.88. The van der Waals surface area contributed by atoms with Gasteiger partial charge in [-0.25, -0.2) is 0 Å². The van der Waals surface area contributed by atoms with Crippen LogP contribution in [0.2, 0.25) is 0 Å². The monoisotopic (exact) mass is 251 g/mol. The molecule has 102 valence electrons. The molecule has 0 radical (unpaired) electrons.